The Morgan fingerprint density at radius 3 is 2.73 bits per heavy atom. The van der Waals surface area contributed by atoms with E-state index in [0.29, 0.717) is 22.6 Å². The molecule has 0 radical (unpaired) electrons. The van der Waals surface area contributed by atoms with E-state index in [-0.39, 0.29) is 17.8 Å². The highest BCUT2D eigenvalue weighted by Crippen LogP contribution is 2.31. The van der Waals surface area contributed by atoms with Crippen LogP contribution in [0.1, 0.15) is 16.7 Å². The summed E-state index contributed by atoms with van der Waals surface area (Å²) in [6.07, 6.45) is 4.36. The maximum absolute atomic E-state index is 14.1. The molecule has 1 aliphatic rings. The van der Waals surface area contributed by atoms with Crippen molar-refractivity contribution in [1.29, 1.82) is 0 Å². The summed E-state index contributed by atoms with van der Waals surface area (Å²) in [5.41, 5.74) is 1.59. The first-order valence-electron chi connectivity index (χ1n) is 6.49. The molecule has 7 heteroatoms. The fourth-order valence-corrected chi connectivity index (χ4v) is 2.44. The third kappa shape index (κ3) is 1.82. The standard InChI is InChI=1S/C15H8F2N4O/c16-10-2-1-3-11(17)12(10)14-9-6-21-22-15(9)13-8(5-19-14)4-18-7-20-13/h1-4,6-7H,5H2. The van der Waals surface area contributed by atoms with Crippen LogP contribution in [-0.2, 0) is 6.54 Å². The number of aromatic nitrogens is 3. The van der Waals surface area contributed by atoms with Crippen molar-refractivity contribution in [1.82, 2.24) is 15.1 Å². The molecule has 0 atom stereocenters. The molecule has 1 aromatic carbocycles. The van der Waals surface area contributed by atoms with Crippen molar-refractivity contribution in [2.75, 3.05) is 0 Å². The van der Waals surface area contributed by atoms with Gasteiger partial charge >= 0.3 is 0 Å². The lowest BCUT2D eigenvalue weighted by atomic mass is 10.0. The smallest absolute Gasteiger partial charge is 0.195 e. The van der Waals surface area contributed by atoms with E-state index in [9.17, 15) is 8.78 Å². The van der Waals surface area contributed by atoms with Crippen molar-refractivity contribution < 1.29 is 13.3 Å². The summed E-state index contributed by atoms with van der Waals surface area (Å²) in [5, 5.41) is 3.72. The number of fused-ring (bicyclic) bond motifs is 3. The second kappa shape index (κ2) is 4.80. The second-order valence-corrected chi connectivity index (χ2v) is 4.73. The number of hydrogen-bond donors (Lipinski definition) is 0. The zero-order valence-corrected chi connectivity index (χ0v) is 11.1. The molecule has 0 unspecified atom stereocenters. The Bertz CT molecular complexity index is 884. The van der Waals surface area contributed by atoms with Crippen LogP contribution < -0.4 is 0 Å². The first kappa shape index (κ1) is 12.8. The van der Waals surface area contributed by atoms with Crippen LogP contribution in [0.15, 0.2) is 46.4 Å². The van der Waals surface area contributed by atoms with Gasteiger partial charge in [-0.25, -0.2) is 18.7 Å². The topological polar surface area (TPSA) is 64.2 Å². The van der Waals surface area contributed by atoms with Gasteiger partial charge in [0.2, 0.25) is 0 Å². The van der Waals surface area contributed by atoms with Gasteiger partial charge in [-0.3, -0.25) is 4.99 Å². The Morgan fingerprint density at radius 2 is 1.91 bits per heavy atom. The molecule has 5 nitrogen and oxygen atoms in total. The summed E-state index contributed by atoms with van der Waals surface area (Å²) in [4.78, 5) is 12.4. The van der Waals surface area contributed by atoms with Crippen molar-refractivity contribution in [3.8, 4) is 11.5 Å². The van der Waals surface area contributed by atoms with Crippen LogP contribution >= 0.6 is 0 Å². The molecule has 0 bridgehead atoms. The van der Waals surface area contributed by atoms with E-state index < -0.39 is 11.6 Å². The average Bonchev–Trinajstić information content (AvgIpc) is 2.94. The minimum Gasteiger partial charge on any atom is -0.354 e. The van der Waals surface area contributed by atoms with Crippen LogP contribution in [0.4, 0.5) is 8.78 Å². The largest absolute Gasteiger partial charge is 0.354 e. The summed E-state index contributed by atoms with van der Waals surface area (Å²) in [6, 6.07) is 3.68. The molecule has 4 rings (SSSR count). The van der Waals surface area contributed by atoms with Gasteiger partial charge in [0.05, 0.1) is 29.6 Å². The first-order valence-corrected chi connectivity index (χ1v) is 6.49. The van der Waals surface area contributed by atoms with Gasteiger partial charge in [0.1, 0.15) is 23.7 Å². The highest BCUT2D eigenvalue weighted by Gasteiger charge is 2.27. The van der Waals surface area contributed by atoms with Gasteiger partial charge in [-0.15, -0.1) is 0 Å². The summed E-state index contributed by atoms with van der Waals surface area (Å²) in [5.74, 6) is -1.05. The predicted octanol–water partition coefficient (Wildman–Crippen LogP) is 2.76. The fourth-order valence-electron chi connectivity index (χ4n) is 2.44. The molecular weight excluding hydrogens is 290 g/mol. The molecule has 0 saturated heterocycles. The minimum atomic E-state index is -0.692. The summed E-state index contributed by atoms with van der Waals surface area (Å²) >= 11 is 0. The lowest BCUT2D eigenvalue weighted by Gasteiger charge is -2.06. The Morgan fingerprint density at radius 1 is 1.09 bits per heavy atom. The van der Waals surface area contributed by atoms with E-state index in [1.165, 1.54) is 30.7 Å². The Labute approximate surface area is 123 Å². The molecule has 0 fully saturated rings. The number of benzene rings is 1. The summed E-state index contributed by atoms with van der Waals surface area (Å²) < 4.78 is 33.4. The number of aliphatic imine (C=N–C) groups is 1. The molecule has 0 aliphatic carbocycles. The quantitative estimate of drug-likeness (QED) is 0.693. The predicted molar refractivity (Wildman–Crippen MR) is 73.2 cm³/mol. The molecular formula is C15H8F2N4O. The Hall–Kier alpha value is -2.96. The third-order valence-corrected chi connectivity index (χ3v) is 3.44. The van der Waals surface area contributed by atoms with Crippen LogP contribution in [-0.4, -0.2) is 20.8 Å². The van der Waals surface area contributed by atoms with E-state index in [4.69, 9.17) is 4.52 Å². The monoisotopic (exact) mass is 298 g/mol. The normalized spacial score (nSPS) is 13.1. The van der Waals surface area contributed by atoms with Crippen LogP contribution in [0.5, 0.6) is 0 Å². The number of rotatable bonds is 1. The number of halogens is 2. The van der Waals surface area contributed by atoms with E-state index in [2.05, 4.69) is 20.1 Å². The minimum absolute atomic E-state index is 0.157. The molecule has 3 aromatic rings. The average molecular weight is 298 g/mol. The van der Waals surface area contributed by atoms with Crippen LogP contribution in [0.3, 0.4) is 0 Å². The van der Waals surface area contributed by atoms with Crippen molar-refractivity contribution in [3.63, 3.8) is 0 Å². The summed E-state index contributed by atoms with van der Waals surface area (Å²) in [7, 11) is 0. The van der Waals surface area contributed by atoms with Crippen molar-refractivity contribution in [2.45, 2.75) is 6.54 Å². The number of hydrogen-bond acceptors (Lipinski definition) is 5. The van der Waals surface area contributed by atoms with Crippen LogP contribution in [0.25, 0.3) is 11.5 Å². The maximum Gasteiger partial charge on any atom is 0.195 e. The zero-order chi connectivity index (χ0) is 15.1. The molecule has 0 N–H and O–H groups in total. The van der Waals surface area contributed by atoms with E-state index in [0.717, 1.165) is 0 Å². The molecule has 0 spiro atoms. The van der Waals surface area contributed by atoms with Gasteiger partial charge in [0.15, 0.2) is 5.76 Å². The van der Waals surface area contributed by atoms with Gasteiger partial charge in [-0.05, 0) is 12.1 Å². The molecule has 2 aromatic heterocycles. The van der Waals surface area contributed by atoms with Gasteiger partial charge in [-0.2, -0.15) is 0 Å². The lowest BCUT2D eigenvalue weighted by molar-refractivity contribution is 0.430. The summed E-state index contributed by atoms with van der Waals surface area (Å²) in [6.45, 7) is 0.198. The molecule has 0 amide bonds. The van der Waals surface area contributed by atoms with Crippen LogP contribution in [0, 0.1) is 11.6 Å². The van der Waals surface area contributed by atoms with Gasteiger partial charge in [-0.1, -0.05) is 11.2 Å². The first-order chi connectivity index (χ1) is 10.8. The van der Waals surface area contributed by atoms with Gasteiger partial charge in [0.25, 0.3) is 0 Å². The lowest BCUT2D eigenvalue weighted by Crippen LogP contribution is -2.08. The van der Waals surface area contributed by atoms with Gasteiger partial charge in [0, 0.05) is 11.8 Å². The molecule has 3 heterocycles. The maximum atomic E-state index is 14.1. The van der Waals surface area contributed by atoms with Crippen molar-refractivity contribution in [3.05, 3.63) is 65.2 Å². The highest BCUT2D eigenvalue weighted by atomic mass is 19.1. The molecule has 1 aliphatic heterocycles. The van der Waals surface area contributed by atoms with Crippen molar-refractivity contribution >= 4 is 5.71 Å². The van der Waals surface area contributed by atoms with Gasteiger partial charge < -0.3 is 4.52 Å². The third-order valence-electron chi connectivity index (χ3n) is 3.44. The van der Waals surface area contributed by atoms with Crippen molar-refractivity contribution in [2.24, 2.45) is 4.99 Å². The second-order valence-electron chi connectivity index (χ2n) is 4.73. The zero-order valence-electron chi connectivity index (χ0n) is 11.1. The van der Waals surface area contributed by atoms with E-state index >= 15 is 0 Å². The fraction of sp³-hybridized carbons (Fsp3) is 0.0667. The highest BCUT2D eigenvalue weighted by molar-refractivity contribution is 6.16. The Kier molecular flexibility index (Phi) is 2.78. The molecule has 0 saturated carbocycles. The SMILES string of the molecule is Fc1cccc(F)c1C1=NCc2cncnc2-c2oncc21. The number of nitrogens with zero attached hydrogens (tertiary/aromatic N) is 4. The molecule has 108 valence electrons. The van der Waals surface area contributed by atoms with E-state index in [1.54, 1.807) is 6.20 Å². The van der Waals surface area contributed by atoms with Crippen LogP contribution in [0.2, 0.25) is 0 Å². The van der Waals surface area contributed by atoms with E-state index in [1.807, 2.05) is 0 Å². The molecule has 22 heavy (non-hydrogen) atoms. The Balaban J connectivity index is 1.99.